The summed E-state index contributed by atoms with van der Waals surface area (Å²) in [6.07, 6.45) is 3.18. The summed E-state index contributed by atoms with van der Waals surface area (Å²) in [6.45, 7) is 2.25. The Bertz CT molecular complexity index is 1160. The largest absolute Gasteiger partial charge is 0.497 e. The summed E-state index contributed by atoms with van der Waals surface area (Å²) >= 11 is 0. The van der Waals surface area contributed by atoms with Crippen molar-refractivity contribution in [1.29, 1.82) is 0 Å². The predicted molar refractivity (Wildman–Crippen MR) is 122 cm³/mol. The second kappa shape index (κ2) is 8.52. The molecule has 3 atom stereocenters. The molecular formula is C26H27N3O2. The zero-order valence-corrected chi connectivity index (χ0v) is 17.9. The Hall–Kier alpha value is -3.18. The van der Waals surface area contributed by atoms with Gasteiger partial charge < -0.3 is 14.6 Å². The van der Waals surface area contributed by atoms with Gasteiger partial charge in [-0.3, -0.25) is 0 Å². The van der Waals surface area contributed by atoms with E-state index in [0.29, 0.717) is 17.8 Å². The summed E-state index contributed by atoms with van der Waals surface area (Å²) in [5.41, 5.74) is 2.29. The highest BCUT2D eigenvalue weighted by atomic mass is 16.5. The van der Waals surface area contributed by atoms with E-state index in [1.165, 1.54) is 16.3 Å². The maximum atomic E-state index is 5.64. The highest BCUT2D eigenvalue weighted by Gasteiger charge is 2.31. The lowest BCUT2D eigenvalue weighted by atomic mass is 9.99. The lowest BCUT2D eigenvalue weighted by Gasteiger charge is -2.21. The van der Waals surface area contributed by atoms with E-state index in [2.05, 4.69) is 64.8 Å². The number of hydrogen-bond acceptors (Lipinski definition) is 5. The third-order valence-corrected chi connectivity index (χ3v) is 6.35. The zero-order chi connectivity index (χ0) is 21.2. The predicted octanol–water partition coefficient (Wildman–Crippen LogP) is 5.89. The average molecular weight is 414 g/mol. The van der Waals surface area contributed by atoms with Crippen LogP contribution in [0, 0.1) is 0 Å². The Kier molecular flexibility index (Phi) is 5.43. The molecule has 1 aliphatic rings. The maximum Gasteiger partial charge on any atom is 0.230 e. The van der Waals surface area contributed by atoms with Gasteiger partial charge in [-0.2, -0.15) is 4.98 Å². The van der Waals surface area contributed by atoms with Crippen LogP contribution in [0.5, 0.6) is 5.75 Å². The molecule has 1 N–H and O–H groups in total. The van der Waals surface area contributed by atoms with E-state index in [0.717, 1.165) is 36.5 Å². The van der Waals surface area contributed by atoms with Crippen molar-refractivity contribution in [2.45, 2.75) is 44.2 Å². The van der Waals surface area contributed by atoms with Crippen molar-refractivity contribution in [2.24, 2.45) is 0 Å². The van der Waals surface area contributed by atoms with Gasteiger partial charge in [0.2, 0.25) is 11.7 Å². The molecule has 0 spiro atoms. The molecule has 0 saturated heterocycles. The van der Waals surface area contributed by atoms with Gasteiger partial charge in [0.15, 0.2) is 0 Å². The second-order valence-electron chi connectivity index (χ2n) is 8.35. The van der Waals surface area contributed by atoms with Crippen LogP contribution in [0.3, 0.4) is 0 Å². The van der Waals surface area contributed by atoms with E-state index in [-0.39, 0.29) is 6.04 Å². The summed E-state index contributed by atoms with van der Waals surface area (Å²) < 4.78 is 10.9. The first kappa shape index (κ1) is 19.8. The van der Waals surface area contributed by atoms with E-state index in [1.54, 1.807) is 7.11 Å². The van der Waals surface area contributed by atoms with Gasteiger partial charge in [-0.25, -0.2) is 0 Å². The van der Waals surface area contributed by atoms with Crippen LogP contribution in [0.1, 0.15) is 49.6 Å². The summed E-state index contributed by atoms with van der Waals surface area (Å²) in [4.78, 5) is 4.68. The highest BCUT2D eigenvalue weighted by molar-refractivity contribution is 5.86. The number of rotatable bonds is 6. The molecule has 5 heteroatoms. The van der Waals surface area contributed by atoms with E-state index >= 15 is 0 Å². The molecule has 0 radical (unpaired) electrons. The minimum Gasteiger partial charge on any atom is -0.497 e. The van der Waals surface area contributed by atoms with E-state index in [4.69, 9.17) is 9.26 Å². The summed E-state index contributed by atoms with van der Waals surface area (Å²) in [7, 11) is 1.66. The van der Waals surface area contributed by atoms with Gasteiger partial charge in [-0.15, -0.1) is 0 Å². The van der Waals surface area contributed by atoms with Gasteiger partial charge in [0.25, 0.3) is 0 Å². The van der Waals surface area contributed by atoms with Crippen LogP contribution < -0.4 is 10.1 Å². The Morgan fingerprint density at radius 1 is 1.00 bits per heavy atom. The molecule has 2 unspecified atom stereocenters. The van der Waals surface area contributed by atoms with Gasteiger partial charge in [-0.05, 0) is 66.8 Å². The SMILES string of the molecule is COc1ccc(-c2noc(C3CCC(N[C@H](C)c4cccc5ccccc45)C3)n2)cc1. The van der Waals surface area contributed by atoms with Crippen LogP contribution in [0.4, 0.5) is 0 Å². The minimum atomic E-state index is 0.285. The molecule has 158 valence electrons. The van der Waals surface area contributed by atoms with Gasteiger partial charge in [0.05, 0.1) is 7.11 Å². The van der Waals surface area contributed by atoms with Crippen LogP contribution in [0.25, 0.3) is 22.2 Å². The summed E-state index contributed by atoms with van der Waals surface area (Å²) in [5.74, 6) is 2.50. The van der Waals surface area contributed by atoms with Crippen molar-refractivity contribution in [2.75, 3.05) is 7.11 Å². The zero-order valence-electron chi connectivity index (χ0n) is 17.9. The average Bonchev–Trinajstić information content (AvgIpc) is 3.48. The van der Waals surface area contributed by atoms with Crippen molar-refractivity contribution in [1.82, 2.24) is 15.5 Å². The number of fused-ring (bicyclic) bond motifs is 1. The first-order valence-corrected chi connectivity index (χ1v) is 10.9. The third kappa shape index (κ3) is 4.06. The normalized spacial score (nSPS) is 19.5. The quantitative estimate of drug-likeness (QED) is 0.427. The fraction of sp³-hybridized carbons (Fsp3) is 0.308. The van der Waals surface area contributed by atoms with Crippen molar-refractivity contribution in [3.8, 4) is 17.1 Å². The maximum absolute atomic E-state index is 5.64. The lowest BCUT2D eigenvalue weighted by molar-refractivity contribution is 0.350. The number of hydrogen-bond donors (Lipinski definition) is 1. The fourth-order valence-electron chi connectivity index (χ4n) is 4.69. The molecule has 1 aromatic heterocycles. The van der Waals surface area contributed by atoms with Crippen molar-refractivity contribution < 1.29 is 9.26 Å². The van der Waals surface area contributed by atoms with Gasteiger partial charge in [-0.1, -0.05) is 47.6 Å². The van der Waals surface area contributed by atoms with Crippen LogP contribution in [-0.2, 0) is 0 Å². The Morgan fingerprint density at radius 3 is 2.65 bits per heavy atom. The molecule has 1 fully saturated rings. The number of benzene rings is 3. The van der Waals surface area contributed by atoms with E-state index < -0.39 is 0 Å². The van der Waals surface area contributed by atoms with E-state index in [9.17, 15) is 0 Å². The summed E-state index contributed by atoms with van der Waals surface area (Å²) in [5, 5.41) is 10.6. The number of methoxy groups -OCH3 is 1. The Morgan fingerprint density at radius 2 is 1.81 bits per heavy atom. The molecule has 3 aromatic carbocycles. The van der Waals surface area contributed by atoms with Crippen LogP contribution >= 0.6 is 0 Å². The molecule has 5 rings (SSSR count). The van der Waals surface area contributed by atoms with Crippen LogP contribution in [0.2, 0.25) is 0 Å². The molecule has 4 aromatic rings. The van der Waals surface area contributed by atoms with Crippen molar-refractivity contribution in [3.63, 3.8) is 0 Å². The second-order valence-corrected chi connectivity index (χ2v) is 8.35. The van der Waals surface area contributed by atoms with Crippen molar-refractivity contribution in [3.05, 3.63) is 78.2 Å². The minimum absolute atomic E-state index is 0.285. The Balaban J connectivity index is 1.25. The number of ether oxygens (including phenoxy) is 1. The molecule has 31 heavy (non-hydrogen) atoms. The first-order chi connectivity index (χ1) is 15.2. The number of nitrogens with one attached hydrogen (secondary N) is 1. The van der Waals surface area contributed by atoms with Crippen molar-refractivity contribution >= 4 is 10.8 Å². The molecular weight excluding hydrogens is 386 g/mol. The highest BCUT2D eigenvalue weighted by Crippen LogP contribution is 2.36. The third-order valence-electron chi connectivity index (χ3n) is 6.35. The smallest absolute Gasteiger partial charge is 0.230 e. The van der Waals surface area contributed by atoms with E-state index in [1.807, 2.05) is 24.3 Å². The van der Waals surface area contributed by atoms with Gasteiger partial charge >= 0.3 is 0 Å². The molecule has 0 aliphatic heterocycles. The fourth-order valence-corrected chi connectivity index (χ4v) is 4.69. The topological polar surface area (TPSA) is 60.2 Å². The molecule has 1 saturated carbocycles. The molecule has 5 nitrogen and oxygen atoms in total. The molecule has 1 aliphatic carbocycles. The Labute approximate surface area is 182 Å². The van der Waals surface area contributed by atoms with Gasteiger partial charge in [0.1, 0.15) is 5.75 Å². The monoisotopic (exact) mass is 413 g/mol. The van der Waals surface area contributed by atoms with Crippen LogP contribution in [-0.4, -0.2) is 23.3 Å². The molecule has 0 amide bonds. The lowest BCUT2D eigenvalue weighted by Crippen LogP contribution is -2.29. The molecule has 1 heterocycles. The first-order valence-electron chi connectivity index (χ1n) is 10.9. The summed E-state index contributed by atoms with van der Waals surface area (Å²) in [6, 6.07) is 23.6. The standard InChI is InChI=1S/C26H27N3O2/c1-17(23-9-5-7-18-6-3-4-8-24(18)23)27-21-13-10-20(16-21)26-28-25(29-31-26)19-11-14-22(30-2)15-12-19/h3-9,11-12,14-15,17,20-21,27H,10,13,16H2,1-2H3/t17-,20?,21?/m1/s1. The molecule has 0 bridgehead atoms. The van der Waals surface area contributed by atoms with Crippen LogP contribution in [0.15, 0.2) is 71.3 Å². The number of nitrogens with zero attached hydrogens (tertiary/aromatic N) is 2. The number of aromatic nitrogens is 2. The van der Waals surface area contributed by atoms with Gasteiger partial charge in [0, 0.05) is 23.6 Å².